The molecule has 0 aliphatic carbocycles. The van der Waals surface area contributed by atoms with Gasteiger partial charge in [0.2, 0.25) is 0 Å². The average Bonchev–Trinajstić information content (AvgIpc) is 2.45. The Bertz CT molecular complexity index is 440. The van der Waals surface area contributed by atoms with Crippen molar-refractivity contribution in [3.8, 4) is 0 Å². The molecule has 21 heavy (non-hydrogen) atoms. The molecule has 0 heterocycles. The Morgan fingerprint density at radius 2 is 1.67 bits per heavy atom. The lowest BCUT2D eigenvalue weighted by Crippen LogP contribution is -2.33. The molecule has 0 aromatic heterocycles. The van der Waals surface area contributed by atoms with Gasteiger partial charge in [0, 0.05) is 22.6 Å². The van der Waals surface area contributed by atoms with E-state index < -0.39 is 0 Å². The van der Waals surface area contributed by atoms with E-state index in [1.54, 1.807) is 18.2 Å². The van der Waals surface area contributed by atoms with Crippen molar-refractivity contribution in [2.24, 2.45) is 0 Å². The summed E-state index contributed by atoms with van der Waals surface area (Å²) in [6, 6.07) is 5.36. The molecule has 0 radical (unpaired) electrons. The number of benzene rings is 1. The third-order valence-corrected chi connectivity index (χ3v) is 4.40. The molecule has 0 bridgehead atoms. The third kappa shape index (κ3) is 6.39. The molecule has 1 aromatic carbocycles. The van der Waals surface area contributed by atoms with Crippen LogP contribution in [-0.2, 0) is 0 Å². The molecule has 0 unspecified atom stereocenters. The van der Waals surface area contributed by atoms with E-state index in [1.165, 1.54) is 25.7 Å². The second kappa shape index (κ2) is 10.2. The van der Waals surface area contributed by atoms with Gasteiger partial charge < -0.3 is 4.90 Å². The number of rotatable bonds is 9. The smallest absolute Gasteiger partial charge is 0.254 e. The van der Waals surface area contributed by atoms with Crippen LogP contribution >= 0.6 is 27.5 Å². The van der Waals surface area contributed by atoms with Gasteiger partial charge in [0.25, 0.3) is 5.91 Å². The highest BCUT2D eigenvalue weighted by Crippen LogP contribution is 2.23. The number of amides is 1. The van der Waals surface area contributed by atoms with Crippen molar-refractivity contribution in [3.05, 3.63) is 33.3 Å². The summed E-state index contributed by atoms with van der Waals surface area (Å²) in [5, 5.41) is 0.641. The number of hydrogen-bond acceptors (Lipinski definition) is 1. The van der Waals surface area contributed by atoms with Gasteiger partial charge in [0.15, 0.2) is 0 Å². The first-order chi connectivity index (χ1) is 10.1. The maximum absolute atomic E-state index is 12.7. The van der Waals surface area contributed by atoms with Crippen molar-refractivity contribution >= 4 is 33.4 Å². The standard InChI is InChI=1S/C17H25BrClNO/c1-3-5-7-11-20(12-8-6-4-2)17(21)15-10-9-14(19)13-16(15)18/h9-10,13H,3-8,11-12H2,1-2H3. The highest BCUT2D eigenvalue weighted by Gasteiger charge is 2.17. The van der Waals surface area contributed by atoms with E-state index in [2.05, 4.69) is 29.8 Å². The summed E-state index contributed by atoms with van der Waals surface area (Å²) in [5.74, 6) is 0.103. The first-order valence-electron chi connectivity index (χ1n) is 7.84. The fourth-order valence-corrected chi connectivity index (χ4v) is 3.11. The largest absolute Gasteiger partial charge is 0.339 e. The van der Waals surface area contributed by atoms with Crippen molar-refractivity contribution in [1.29, 1.82) is 0 Å². The zero-order chi connectivity index (χ0) is 15.7. The Morgan fingerprint density at radius 1 is 1.10 bits per heavy atom. The molecule has 4 heteroatoms. The lowest BCUT2D eigenvalue weighted by atomic mass is 10.1. The van der Waals surface area contributed by atoms with Crippen LogP contribution in [0.1, 0.15) is 62.7 Å². The molecule has 0 saturated heterocycles. The number of hydrogen-bond donors (Lipinski definition) is 0. The maximum atomic E-state index is 12.7. The van der Waals surface area contributed by atoms with Gasteiger partial charge in [0.1, 0.15) is 0 Å². The molecular formula is C17H25BrClNO. The van der Waals surface area contributed by atoms with Crippen molar-refractivity contribution in [2.75, 3.05) is 13.1 Å². The van der Waals surface area contributed by atoms with E-state index in [-0.39, 0.29) is 5.91 Å². The Morgan fingerprint density at radius 3 is 2.14 bits per heavy atom. The number of carbonyl (C=O) groups excluding carboxylic acids is 1. The van der Waals surface area contributed by atoms with Crippen molar-refractivity contribution in [2.45, 2.75) is 52.4 Å². The lowest BCUT2D eigenvalue weighted by molar-refractivity contribution is 0.0748. The van der Waals surface area contributed by atoms with E-state index >= 15 is 0 Å². The molecule has 0 saturated carbocycles. The van der Waals surface area contributed by atoms with Crippen LogP contribution in [0.25, 0.3) is 0 Å². The molecule has 0 aliphatic heterocycles. The molecule has 0 spiro atoms. The van der Waals surface area contributed by atoms with Gasteiger partial charge in [-0.2, -0.15) is 0 Å². The summed E-state index contributed by atoms with van der Waals surface area (Å²) in [4.78, 5) is 14.7. The van der Waals surface area contributed by atoms with E-state index in [0.717, 1.165) is 30.4 Å². The predicted octanol–water partition coefficient (Wildman–Crippen LogP) is 5.93. The van der Waals surface area contributed by atoms with Gasteiger partial charge in [-0.1, -0.05) is 51.1 Å². The van der Waals surface area contributed by atoms with Crippen LogP contribution < -0.4 is 0 Å². The minimum absolute atomic E-state index is 0.103. The molecule has 118 valence electrons. The zero-order valence-corrected chi connectivity index (χ0v) is 15.3. The minimum Gasteiger partial charge on any atom is -0.339 e. The third-order valence-electron chi connectivity index (χ3n) is 3.51. The Balaban J connectivity index is 2.76. The van der Waals surface area contributed by atoms with Crippen LogP contribution in [-0.4, -0.2) is 23.9 Å². The van der Waals surface area contributed by atoms with Gasteiger partial charge in [-0.25, -0.2) is 0 Å². The monoisotopic (exact) mass is 373 g/mol. The van der Waals surface area contributed by atoms with Gasteiger partial charge in [-0.05, 0) is 47.0 Å². The van der Waals surface area contributed by atoms with Gasteiger partial charge in [0.05, 0.1) is 5.56 Å². The summed E-state index contributed by atoms with van der Waals surface area (Å²) in [6.45, 7) is 6.04. The van der Waals surface area contributed by atoms with E-state index in [0.29, 0.717) is 10.6 Å². The number of unbranched alkanes of at least 4 members (excludes halogenated alkanes) is 4. The first-order valence-corrected chi connectivity index (χ1v) is 9.01. The van der Waals surface area contributed by atoms with E-state index in [1.807, 2.05) is 4.90 Å². The Hall–Kier alpha value is -0.540. The Kier molecular flexibility index (Phi) is 9.02. The van der Waals surface area contributed by atoms with Crippen LogP contribution in [0.5, 0.6) is 0 Å². The fraction of sp³-hybridized carbons (Fsp3) is 0.588. The van der Waals surface area contributed by atoms with Crippen LogP contribution in [0.3, 0.4) is 0 Å². The van der Waals surface area contributed by atoms with Crippen LogP contribution in [0.4, 0.5) is 0 Å². The second-order valence-corrected chi connectivity index (χ2v) is 6.62. The molecule has 2 nitrogen and oxygen atoms in total. The average molecular weight is 375 g/mol. The van der Waals surface area contributed by atoms with Crippen LogP contribution in [0.15, 0.2) is 22.7 Å². The molecule has 0 aliphatic rings. The Labute approximate surface area is 142 Å². The van der Waals surface area contributed by atoms with Crippen molar-refractivity contribution in [1.82, 2.24) is 4.90 Å². The van der Waals surface area contributed by atoms with Gasteiger partial charge in [-0.3, -0.25) is 4.79 Å². The topological polar surface area (TPSA) is 20.3 Å². The van der Waals surface area contributed by atoms with E-state index in [9.17, 15) is 4.79 Å². The van der Waals surface area contributed by atoms with Crippen LogP contribution in [0.2, 0.25) is 5.02 Å². The summed E-state index contributed by atoms with van der Waals surface area (Å²) < 4.78 is 0.774. The van der Waals surface area contributed by atoms with Gasteiger partial charge >= 0.3 is 0 Å². The van der Waals surface area contributed by atoms with Gasteiger partial charge in [-0.15, -0.1) is 0 Å². The molecule has 1 amide bonds. The summed E-state index contributed by atoms with van der Waals surface area (Å²) in [5.41, 5.74) is 0.701. The highest BCUT2D eigenvalue weighted by molar-refractivity contribution is 9.10. The molecule has 0 fully saturated rings. The molecule has 1 rings (SSSR count). The number of carbonyl (C=O) groups is 1. The summed E-state index contributed by atoms with van der Waals surface area (Å²) in [6.07, 6.45) is 6.81. The fourth-order valence-electron chi connectivity index (χ4n) is 2.25. The summed E-state index contributed by atoms with van der Waals surface area (Å²) in [7, 11) is 0. The lowest BCUT2D eigenvalue weighted by Gasteiger charge is -2.23. The maximum Gasteiger partial charge on any atom is 0.254 e. The van der Waals surface area contributed by atoms with Crippen molar-refractivity contribution < 1.29 is 4.79 Å². The SMILES string of the molecule is CCCCCN(CCCCC)C(=O)c1ccc(Cl)cc1Br. The molecule has 1 aromatic rings. The first kappa shape index (κ1) is 18.5. The summed E-state index contributed by atoms with van der Waals surface area (Å²) >= 11 is 9.40. The minimum atomic E-state index is 0.103. The van der Waals surface area contributed by atoms with Crippen molar-refractivity contribution in [3.63, 3.8) is 0 Å². The highest BCUT2D eigenvalue weighted by atomic mass is 79.9. The number of nitrogens with zero attached hydrogens (tertiary/aromatic N) is 1. The molecule has 0 atom stereocenters. The molecule has 0 N–H and O–H groups in total. The molecular weight excluding hydrogens is 350 g/mol. The zero-order valence-electron chi connectivity index (χ0n) is 13.0. The normalized spacial score (nSPS) is 10.7. The quantitative estimate of drug-likeness (QED) is 0.491. The van der Waals surface area contributed by atoms with Crippen LogP contribution in [0, 0.1) is 0 Å². The number of halogens is 2. The predicted molar refractivity (Wildman–Crippen MR) is 94.1 cm³/mol. The second-order valence-electron chi connectivity index (χ2n) is 5.33. The van der Waals surface area contributed by atoms with E-state index in [4.69, 9.17) is 11.6 Å².